The van der Waals surface area contributed by atoms with Gasteiger partial charge in [0.15, 0.2) is 9.84 Å². The molecule has 2 aromatic rings. The maximum absolute atomic E-state index is 13.1. The van der Waals surface area contributed by atoms with Crippen LogP contribution in [0.3, 0.4) is 0 Å². The largest absolute Gasteiger partial charge is 0.254 e. The van der Waals surface area contributed by atoms with Gasteiger partial charge in [-0.3, -0.25) is 4.98 Å². The molecule has 3 rings (SSSR count). The predicted molar refractivity (Wildman–Crippen MR) is 89.0 cm³/mol. The third-order valence-corrected chi connectivity index (χ3v) is 5.27. The van der Waals surface area contributed by atoms with Crippen LogP contribution < -0.4 is 0 Å². The molecule has 0 N–H and O–H groups in total. The van der Waals surface area contributed by atoms with Crippen molar-refractivity contribution < 1.29 is 12.8 Å². The van der Waals surface area contributed by atoms with E-state index in [9.17, 15) is 12.8 Å². The highest BCUT2D eigenvalue weighted by molar-refractivity contribution is 7.90. The third-order valence-electron chi connectivity index (χ3n) is 4.14. The number of allylic oxidation sites excluding steroid dienone is 2. The van der Waals surface area contributed by atoms with Crippen LogP contribution >= 0.6 is 0 Å². The third kappa shape index (κ3) is 3.34. The molecule has 0 fully saturated rings. The number of halogens is 1. The molecule has 0 radical (unpaired) electrons. The predicted octanol–water partition coefficient (Wildman–Crippen LogP) is 3.96. The summed E-state index contributed by atoms with van der Waals surface area (Å²) in [5.74, 6) is 0.140. The van der Waals surface area contributed by atoms with Crippen molar-refractivity contribution in [3.05, 3.63) is 59.7 Å². The Hall–Kier alpha value is -2.01. The van der Waals surface area contributed by atoms with E-state index in [-0.39, 0.29) is 5.82 Å². The van der Waals surface area contributed by atoms with Gasteiger partial charge in [0.05, 0.1) is 16.8 Å². The van der Waals surface area contributed by atoms with E-state index < -0.39 is 9.84 Å². The maximum atomic E-state index is 13.1. The monoisotopic (exact) mass is 331 g/mol. The molecule has 1 aliphatic rings. The highest BCUT2D eigenvalue weighted by Crippen LogP contribution is 2.42. The van der Waals surface area contributed by atoms with Crippen molar-refractivity contribution in [1.82, 2.24) is 4.98 Å². The average molecular weight is 331 g/mol. The van der Waals surface area contributed by atoms with Crippen LogP contribution in [-0.2, 0) is 9.84 Å². The molecular weight excluding hydrogens is 313 g/mol. The van der Waals surface area contributed by atoms with Crippen LogP contribution in [0.25, 0.3) is 11.1 Å². The van der Waals surface area contributed by atoms with Gasteiger partial charge < -0.3 is 0 Å². The average Bonchev–Trinajstić information content (AvgIpc) is 2.89. The van der Waals surface area contributed by atoms with Crippen molar-refractivity contribution in [1.29, 1.82) is 0 Å². The summed E-state index contributed by atoms with van der Waals surface area (Å²) in [7, 11) is -3.19. The lowest BCUT2D eigenvalue weighted by molar-refractivity contribution is 0.602. The van der Waals surface area contributed by atoms with Crippen LogP contribution in [0.1, 0.15) is 31.0 Å². The zero-order valence-electron chi connectivity index (χ0n) is 13.1. The van der Waals surface area contributed by atoms with E-state index in [0.29, 0.717) is 10.8 Å². The molecule has 120 valence electrons. The Morgan fingerprint density at radius 2 is 1.70 bits per heavy atom. The van der Waals surface area contributed by atoms with E-state index in [0.717, 1.165) is 35.2 Å². The number of benzene rings is 1. The topological polar surface area (TPSA) is 47.0 Å². The van der Waals surface area contributed by atoms with E-state index in [1.807, 2.05) is 12.1 Å². The zero-order valence-corrected chi connectivity index (χ0v) is 13.9. The molecule has 0 amide bonds. The molecule has 3 nitrogen and oxygen atoms in total. The minimum Gasteiger partial charge on any atom is -0.254 e. The van der Waals surface area contributed by atoms with Gasteiger partial charge in [0.25, 0.3) is 0 Å². The quantitative estimate of drug-likeness (QED) is 0.855. The Balaban J connectivity index is 2.04. The van der Waals surface area contributed by atoms with Crippen molar-refractivity contribution in [2.24, 2.45) is 5.92 Å². The van der Waals surface area contributed by atoms with Crippen LogP contribution in [0.15, 0.2) is 47.5 Å². The molecule has 1 atom stereocenters. The number of hydrogen-bond acceptors (Lipinski definition) is 3. The first kappa shape index (κ1) is 15.9. The van der Waals surface area contributed by atoms with Crippen LogP contribution in [0.5, 0.6) is 0 Å². The fraction of sp³-hybridized carbons (Fsp3) is 0.278. The van der Waals surface area contributed by atoms with Crippen molar-refractivity contribution in [2.45, 2.75) is 24.7 Å². The Kier molecular flexibility index (Phi) is 4.06. The second-order valence-electron chi connectivity index (χ2n) is 6.13. The Bertz CT molecular complexity index is 853. The van der Waals surface area contributed by atoms with Gasteiger partial charge in [-0.05, 0) is 59.7 Å². The van der Waals surface area contributed by atoms with Gasteiger partial charge in [-0.2, -0.15) is 0 Å². The maximum Gasteiger partial charge on any atom is 0.175 e. The lowest BCUT2D eigenvalue weighted by Crippen LogP contribution is -1.97. The van der Waals surface area contributed by atoms with E-state index in [2.05, 4.69) is 11.9 Å². The number of sulfone groups is 1. The number of rotatable bonds is 3. The first-order valence-electron chi connectivity index (χ1n) is 7.49. The van der Waals surface area contributed by atoms with Crippen molar-refractivity contribution in [3.8, 4) is 0 Å². The summed E-state index contributed by atoms with van der Waals surface area (Å²) in [6.07, 6.45) is 4.23. The Morgan fingerprint density at radius 3 is 2.26 bits per heavy atom. The van der Waals surface area contributed by atoms with Crippen molar-refractivity contribution in [3.63, 3.8) is 0 Å². The normalized spacial score (nSPS) is 18.5. The molecule has 23 heavy (non-hydrogen) atoms. The lowest BCUT2D eigenvalue weighted by atomic mass is 10.00. The smallest absolute Gasteiger partial charge is 0.175 e. The van der Waals surface area contributed by atoms with Gasteiger partial charge in [0.2, 0.25) is 0 Å². The molecule has 0 spiro atoms. The first-order chi connectivity index (χ1) is 10.8. The molecule has 1 aromatic carbocycles. The summed E-state index contributed by atoms with van der Waals surface area (Å²) in [4.78, 5) is 4.51. The molecule has 1 unspecified atom stereocenters. The molecular formula is C18H18FNO2S. The summed E-state index contributed by atoms with van der Waals surface area (Å²) in [5, 5.41) is 0. The first-order valence-corrected chi connectivity index (χ1v) is 9.38. The molecule has 0 saturated carbocycles. The molecule has 1 aliphatic carbocycles. The van der Waals surface area contributed by atoms with Gasteiger partial charge in [0, 0.05) is 6.26 Å². The molecule has 1 heterocycles. The highest BCUT2D eigenvalue weighted by atomic mass is 32.2. The lowest BCUT2D eigenvalue weighted by Gasteiger charge is -2.08. The van der Waals surface area contributed by atoms with Gasteiger partial charge in [-0.25, -0.2) is 12.8 Å². The van der Waals surface area contributed by atoms with Crippen LogP contribution in [-0.4, -0.2) is 19.7 Å². The Morgan fingerprint density at radius 1 is 1.04 bits per heavy atom. The number of hydrogen-bond donors (Lipinski definition) is 0. The van der Waals surface area contributed by atoms with Gasteiger partial charge in [-0.15, -0.1) is 0 Å². The molecule has 0 saturated heterocycles. The van der Waals surface area contributed by atoms with Crippen molar-refractivity contribution in [2.75, 3.05) is 6.26 Å². The number of aromatic nitrogens is 1. The molecule has 0 aliphatic heterocycles. The molecule has 0 bridgehead atoms. The summed E-state index contributed by atoms with van der Waals surface area (Å²) < 4.78 is 36.2. The van der Waals surface area contributed by atoms with E-state index >= 15 is 0 Å². The Labute approximate surface area is 135 Å². The minimum atomic E-state index is -3.19. The fourth-order valence-corrected chi connectivity index (χ4v) is 3.65. The molecule has 1 aromatic heterocycles. The zero-order chi connectivity index (χ0) is 16.6. The summed E-state index contributed by atoms with van der Waals surface area (Å²) >= 11 is 0. The van der Waals surface area contributed by atoms with Crippen LogP contribution in [0.4, 0.5) is 4.39 Å². The van der Waals surface area contributed by atoms with Crippen LogP contribution in [0.2, 0.25) is 0 Å². The number of pyridine rings is 1. The van der Waals surface area contributed by atoms with Crippen molar-refractivity contribution >= 4 is 21.0 Å². The van der Waals surface area contributed by atoms with Gasteiger partial charge in [0.1, 0.15) is 5.82 Å². The van der Waals surface area contributed by atoms with Gasteiger partial charge >= 0.3 is 0 Å². The second-order valence-corrected chi connectivity index (χ2v) is 8.14. The standard InChI is InChI=1S/C18H18FNO2S/c1-12-9-16(13-3-6-15(7-4-13)23(2,21)22)17(10-12)18-8-5-14(19)11-20-18/h3-8,11-12H,9-10H2,1-2H3. The minimum absolute atomic E-state index is 0.314. The second kappa shape index (κ2) is 5.89. The highest BCUT2D eigenvalue weighted by Gasteiger charge is 2.24. The van der Waals surface area contributed by atoms with E-state index in [1.54, 1.807) is 18.2 Å². The summed E-state index contributed by atoms with van der Waals surface area (Å²) in [6, 6.07) is 10.1. The van der Waals surface area contributed by atoms with E-state index in [4.69, 9.17) is 0 Å². The SMILES string of the molecule is CC1CC(c2ccc(S(C)(=O)=O)cc2)=C(c2ccc(F)cn2)C1. The summed E-state index contributed by atoms with van der Waals surface area (Å²) in [6.45, 7) is 2.17. The van der Waals surface area contributed by atoms with Gasteiger partial charge in [-0.1, -0.05) is 19.1 Å². The van der Waals surface area contributed by atoms with Crippen LogP contribution in [0, 0.1) is 11.7 Å². The fourth-order valence-electron chi connectivity index (χ4n) is 3.02. The number of nitrogens with zero attached hydrogens (tertiary/aromatic N) is 1. The van der Waals surface area contributed by atoms with E-state index in [1.165, 1.54) is 18.5 Å². The summed E-state index contributed by atoms with van der Waals surface area (Å²) in [5.41, 5.74) is 4.07. The molecule has 5 heteroatoms.